The van der Waals surface area contributed by atoms with E-state index < -0.39 is 0 Å². The van der Waals surface area contributed by atoms with Crippen LogP contribution in [0.15, 0.2) is 34.8 Å². The van der Waals surface area contributed by atoms with Gasteiger partial charge in [0.15, 0.2) is 0 Å². The molecule has 2 fully saturated rings. The normalized spacial score (nSPS) is 18.8. The smallest absolute Gasteiger partial charge is 0.318 e. The van der Waals surface area contributed by atoms with E-state index in [1.807, 2.05) is 18.0 Å². The Balaban J connectivity index is 1.25. The lowest BCUT2D eigenvalue weighted by Gasteiger charge is -2.26. The number of thioether (sulfide) groups is 1. The van der Waals surface area contributed by atoms with Gasteiger partial charge in [-0.2, -0.15) is 9.97 Å². The van der Waals surface area contributed by atoms with Crippen LogP contribution in [-0.4, -0.2) is 78.7 Å². The minimum absolute atomic E-state index is 0.447. The molecule has 0 N–H and O–H groups in total. The zero-order valence-corrected chi connectivity index (χ0v) is 20.9. The van der Waals surface area contributed by atoms with E-state index in [0.29, 0.717) is 19.2 Å². The van der Waals surface area contributed by atoms with Gasteiger partial charge in [-0.1, -0.05) is 17.7 Å². The largest absolute Gasteiger partial charge is 0.462 e. The van der Waals surface area contributed by atoms with Gasteiger partial charge >= 0.3 is 6.01 Å². The Morgan fingerprint density at radius 1 is 1.15 bits per heavy atom. The average molecular weight is 480 g/mol. The first-order chi connectivity index (χ1) is 16.7. The van der Waals surface area contributed by atoms with E-state index in [9.17, 15) is 0 Å². The first-order valence-electron chi connectivity index (χ1n) is 12.1. The topological polar surface area (TPSA) is 63.1 Å². The van der Waals surface area contributed by atoms with Crippen molar-refractivity contribution in [3.8, 4) is 6.01 Å². The fraction of sp³-hybridized carbons (Fsp3) is 0.500. The summed E-state index contributed by atoms with van der Waals surface area (Å²) in [5, 5.41) is 0. The lowest BCUT2D eigenvalue weighted by Crippen LogP contribution is -2.38. The van der Waals surface area contributed by atoms with Crippen LogP contribution in [0.4, 0.5) is 5.82 Å². The van der Waals surface area contributed by atoms with Crippen LogP contribution in [0.2, 0.25) is 0 Å². The second kappa shape index (κ2) is 10.9. The standard InChI is InChI=1S/C26H33N5O2S/c1-19-13-22-14-21(3-4-24(22)20(19)2)16-27-17-23-15-25(31-8-12-34-18-31)29-26(28-23)33-11-7-30-5-9-32-10-6-30/h3-4,14-16H,5-13,17-18H2,1-2H3. The molecular formula is C26H33N5O2S. The lowest BCUT2D eigenvalue weighted by molar-refractivity contribution is 0.0317. The zero-order chi connectivity index (χ0) is 23.3. The second-order valence-electron chi connectivity index (χ2n) is 9.07. The van der Waals surface area contributed by atoms with Crippen LogP contribution in [0.25, 0.3) is 5.57 Å². The van der Waals surface area contributed by atoms with E-state index in [2.05, 4.69) is 52.9 Å². The van der Waals surface area contributed by atoms with E-state index >= 15 is 0 Å². The molecule has 0 radical (unpaired) electrons. The first-order valence-corrected chi connectivity index (χ1v) is 13.2. The number of anilines is 1. The third-order valence-corrected chi connectivity index (χ3v) is 7.65. The molecule has 2 saturated heterocycles. The number of benzene rings is 1. The number of aliphatic imine (C=N–C) groups is 1. The van der Waals surface area contributed by atoms with Crippen molar-refractivity contribution in [2.45, 2.75) is 26.8 Å². The van der Waals surface area contributed by atoms with Crippen molar-refractivity contribution >= 4 is 29.4 Å². The summed E-state index contributed by atoms with van der Waals surface area (Å²) in [6, 6.07) is 9.12. The number of aromatic nitrogens is 2. The Kier molecular flexibility index (Phi) is 7.47. The summed E-state index contributed by atoms with van der Waals surface area (Å²) in [5.74, 6) is 3.01. The van der Waals surface area contributed by atoms with Crippen LogP contribution in [0.5, 0.6) is 6.01 Å². The summed E-state index contributed by atoms with van der Waals surface area (Å²) in [5.41, 5.74) is 7.65. The molecule has 0 saturated carbocycles. The molecule has 3 aliphatic rings. The molecule has 7 nitrogen and oxygen atoms in total. The quantitative estimate of drug-likeness (QED) is 0.536. The van der Waals surface area contributed by atoms with Gasteiger partial charge in [-0.3, -0.25) is 9.89 Å². The highest BCUT2D eigenvalue weighted by Crippen LogP contribution is 2.32. The van der Waals surface area contributed by atoms with Gasteiger partial charge in [-0.15, -0.1) is 11.8 Å². The van der Waals surface area contributed by atoms with Crippen molar-refractivity contribution in [2.24, 2.45) is 4.99 Å². The molecule has 0 amide bonds. The molecule has 1 aromatic heterocycles. The Hall–Kier alpha value is -2.42. The predicted molar refractivity (Wildman–Crippen MR) is 139 cm³/mol. The molecule has 0 spiro atoms. The van der Waals surface area contributed by atoms with Gasteiger partial charge < -0.3 is 14.4 Å². The van der Waals surface area contributed by atoms with E-state index in [-0.39, 0.29) is 0 Å². The SMILES string of the molecule is CC1=C(C)c2ccc(C=NCc3cc(N4CCSC4)nc(OCCN4CCOCC4)n3)cc2C1. The van der Waals surface area contributed by atoms with Crippen LogP contribution in [0.3, 0.4) is 0 Å². The Morgan fingerprint density at radius 3 is 2.85 bits per heavy atom. The number of ether oxygens (including phenoxy) is 2. The van der Waals surface area contributed by atoms with Gasteiger partial charge in [0.1, 0.15) is 12.4 Å². The summed E-state index contributed by atoms with van der Waals surface area (Å²) in [6.07, 6.45) is 2.99. The average Bonchev–Trinajstić information content (AvgIpc) is 3.48. The van der Waals surface area contributed by atoms with Crippen LogP contribution in [0.1, 0.15) is 36.2 Å². The van der Waals surface area contributed by atoms with E-state index in [0.717, 1.165) is 74.5 Å². The van der Waals surface area contributed by atoms with Crippen molar-refractivity contribution in [2.75, 3.05) is 62.5 Å². The Bertz CT molecular complexity index is 1070. The molecule has 2 aliphatic heterocycles. The molecule has 2 aromatic rings. The molecule has 34 heavy (non-hydrogen) atoms. The van der Waals surface area contributed by atoms with Crippen molar-refractivity contribution < 1.29 is 9.47 Å². The fourth-order valence-corrected chi connectivity index (χ4v) is 5.51. The van der Waals surface area contributed by atoms with Crippen molar-refractivity contribution in [3.05, 3.63) is 52.2 Å². The van der Waals surface area contributed by atoms with Crippen LogP contribution in [0, 0.1) is 0 Å². The van der Waals surface area contributed by atoms with Crippen molar-refractivity contribution in [3.63, 3.8) is 0 Å². The summed E-state index contributed by atoms with van der Waals surface area (Å²) in [6.45, 7) is 10.8. The van der Waals surface area contributed by atoms with Crippen LogP contribution in [-0.2, 0) is 17.7 Å². The molecule has 3 heterocycles. The van der Waals surface area contributed by atoms with E-state index in [4.69, 9.17) is 19.5 Å². The second-order valence-corrected chi connectivity index (χ2v) is 10.1. The molecule has 180 valence electrons. The minimum Gasteiger partial charge on any atom is -0.462 e. The summed E-state index contributed by atoms with van der Waals surface area (Å²) in [7, 11) is 0. The van der Waals surface area contributed by atoms with Crippen LogP contribution < -0.4 is 9.64 Å². The van der Waals surface area contributed by atoms with Crippen LogP contribution >= 0.6 is 11.8 Å². The maximum absolute atomic E-state index is 5.99. The van der Waals surface area contributed by atoms with Crippen molar-refractivity contribution in [1.29, 1.82) is 0 Å². The van der Waals surface area contributed by atoms with Gasteiger partial charge in [0.25, 0.3) is 0 Å². The predicted octanol–water partition coefficient (Wildman–Crippen LogP) is 3.67. The number of allylic oxidation sites excluding steroid dienone is 2. The number of fused-ring (bicyclic) bond motifs is 1. The summed E-state index contributed by atoms with van der Waals surface area (Å²) in [4.78, 5) is 18.7. The Morgan fingerprint density at radius 2 is 2.03 bits per heavy atom. The van der Waals surface area contributed by atoms with E-state index in [1.165, 1.54) is 22.3 Å². The summed E-state index contributed by atoms with van der Waals surface area (Å²) < 4.78 is 11.4. The molecule has 1 aliphatic carbocycles. The zero-order valence-electron chi connectivity index (χ0n) is 20.1. The molecule has 1 aromatic carbocycles. The Labute approximate surface area is 206 Å². The highest BCUT2D eigenvalue weighted by atomic mass is 32.2. The number of nitrogens with zero attached hydrogens (tertiary/aromatic N) is 5. The molecule has 8 heteroatoms. The molecule has 0 unspecified atom stereocenters. The highest BCUT2D eigenvalue weighted by molar-refractivity contribution is 7.99. The van der Waals surface area contributed by atoms with Gasteiger partial charge in [0, 0.05) is 44.2 Å². The van der Waals surface area contributed by atoms with Gasteiger partial charge in [-0.05, 0) is 48.6 Å². The molecule has 0 bridgehead atoms. The van der Waals surface area contributed by atoms with Gasteiger partial charge in [0.2, 0.25) is 0 Å². The molecule has 0 atom stereocenters. The monoisotopic (exact) mass is 479 g/mol. The third kappa shape index (κ3) is 5.62. The number of hydrogen-bond donors (Lipinski definition) is 0. The lowest BCUT2D eigenvalue weighted by atomic mass is 10.0. The summed E-state index contributed by atoms with van der Waals surface area (Å²) >= 11 is 1.92. The van der Waals surface area contributed by atoms with Gasteiger partial charge in [-0.25, -0.2) is 0 Å². The fourth-order valence-electron chi connectivity index (χ4n) is 4.55. The maximum Gasteiger partial charge on any atom is 0.318 e. The minimum atomic E-state index is 0.447. The number of hydrogen-bond acceptors (Lipinski definition) is 8. The molecular weight excluding hydrogens is 446 g/mol. The third-order valence-electron chi connectivity index (χ3n) is 6.69. The first kappa shape index (κ1) is 23.3. The highest BCUT2D eigenvalue weighted by Gasteiger charge is 2.18. The van der Waals surface area contributed by atoms with E-state index in [1.54, 1.807) is 0 Å². The maximum atomic E-state index is 5.99. The number of morpholine rings is 1. The number of rotatable bonds is 8. The van der Waals surface area contributed by atoms with Crippen molar-refractivity contribution in [1.82, 2.24) is 14.9 Å². The molecule has 5 rings (SSSR count). The van der Waals surface area contributed by atoms with Gasteiger partial charge in [0.05, 0.1) is 31.3 Å².